The van der Waals surface area contributed by atoms with Gasteiger partial charge in [0.2, 0.25) is 6.41 Å². The maximum absolute atomic E-state index is 11.3. The van der Waals surface area contributed by atoms with Gasteiger partial charge in [-0.1, -0.05) is 42.5 Å². The summed E-state index contributed by atoms with van der Waals surface area (Å²) >= 11 is 0. The molecule has 1 amide bonds. The Hall–Kier alpha value is -2.62. The highest BCUT2D eigenvalue weighted by molar-refractivity contribution is 6.02. The molecule has 0 radical (unpaired) electrons. The molecule has 4 nitrogen and oxygen atoms in total. The molecule has 112 valence electrons. The van der Waals surface area contributed by atoms with Crippen LogP contribution >= 0.6 is 0 Å². The van der Waals surface area contributed by atoms with Crippen LogP contribution in [-0.2, 0) is 4.79 Å². The third-order valence-corrected chi connectivity index (χ3v) is 3.95. The van der Waals surface area contributed by atoms with Crippen LogP contribution in [0.4, 0.5) is 5.69 Å². The number of nitrogens with zero attached hydrogens (tertiary/aromatic N) is 3. The zero-order chi connectivity index (χ0) is 15.5. The lowest BCUT2D eigenvalue weighted by molar-refractivity contribution is -0.119. The van der Waals surface area contributed by atoms with E-state index in [-0.39, 0.29) is 6.04 Å². The number of hydrogen-bond acceptors (Lipinski definition) is 3. The van der Waals surface area contributed by atoms with E-state index in [2.05, 4.69) is 34.3 Å². The van der Waals surface area contributed by atoms with Crippen molar-refractivity contribution in [1.82, 2.24) is 5.01 Å². The van der Waals surface area contributed by atoms with Crippen molar-refractivity contribution in [3.05, 3.63) is 65.7 Å². The van der Waals surface area contributed by atoms with Crippen molar-refractivity contribution in [2.75, 3.05) is 19.0 Å². The Balaban J connectivity index is 1.85. The largest absolute Gasteiger partial charge is 0.378 e. The van der Waals surface area contributed by atoms with Gasteiger partial charge in [0.05, 0.1) is 11.8 Å². The molecular weight excluding hydrogens is 274 g/mol. The summed E-state index contributed by atoms with van der Waals surface area (Å²) in [6, 6.07) is 18.3. The quantitative estimate of drug-likeness (QED) is 0.812. The van der Waals surface area contributed by atoms with E-state index in [9.17, 15) is 4.79 Å². The number of carbonyl (C=O) groups excluding carboxylic acids is 1. The Morgan fingerprint density at radius 2 is 1.77 bits per heavy atom. The van der Waals surface area contributed by atoms with Crippen molar-refractivity contribution in [1.29, 1.82) is 0 Å². The van der Waals surface area contributed by atoms with E-state index >= 15 is 0 Å². The number of carbonyl (C=O) groups is 1. The molecule has 1 heterocycles. The van der Waals surface area contributed by atoms with E-state index in [1.165, 1.54) is 5.01 Å². The lowest BCUT2D eigenvalue weighted by Crippen LogP contribution is -2.17. The van der Waals surface area contributed by atoms with E-state index in [0.29, 0.717) is 0 Å². The van der Waals surface area contributed by atoms with Gasteiger partial charge in [-0.05, 0) is 23.3 Å². The summed E-state index contributed by atoms with van der Waals surface area (Å²) in [5, 5.41) is 6.00. The molecule has 1 atom stereocenters. The maximum atomic E-state index is 11.3. The van der Waals surface area contributed by atoms with Crippen LogP contribution in [0.1, 0.15) is 23.6 Å². The van der Waals surface area contributed by atoms with E-state index in [1.807, 2.05) is 44.4 Å². The molecule has 1 aliphatic rings. The molecule has 2 aromatic rings. The fourth-order valence-corrected chi connectivity index (χ4v) is 2.70. The van der Waals surface area contributed by atoms with Crippen molar-refractivity contribution >= 4 is 17.8 Å². The fourth-order valence-electron chi connectivity index (χ4n) is 2.70. The van der Waals surface area contributed by atoms with E-state index in [4.69, 9.17) is 0 Å². The molecule has 2 aromatic carbocycles. The van der Waals surface area contributed by atoms with Crippen LogP contribution in [0, 0.1) is 0 Å². The average Bonchev–Trinajstić information content (AvgIpc) is 3.00. The van der Waals surface area contributed by atoms with Gasteiger partial charge in [-0.3, -0.25) is 4.79 Å². The van der Waals surface area contributed by atoms with Gasteiger partial charge in [0.25, 0.3) is 0 Å². The standard InChI is InChI=1S/C18H19N3O/c1-20(2)16-10-8-14(9-11-16)17-12-18(21(13-22)19-17)15-6-4-3-5-7-15/h3-11,13,18H,12H2,1-2H3/t18-/m0/s1. The first-order valence-corrected chi connectivity index (χ1v) is 7.33. The molecule has 0 bridgehead atoms. The number of benzene rings is 2. The molecule has 0 spiro atoms. The molecule has 22 heavy (non-hydrogen) atoms. The summed E-state index contributed by atoms with van der Waals surface area (Å²) in [6.07, 6.45) is 1.54. The molecule has 0 aliphatic carbocycles. The Morgan fingerprint density at radius 1 is 1.09 bits per heavy atom. The van der Waals surface area contributed by atoms with Gasteiger partial charge in [0.1, 0.15) is 0 Å². The Bertz CT molecular complexity index is 677. The molecule has 0 saturated heterocycles. The van der Waals surface area contributed by atoms with Crippen LogP contribution < -0.4 is 4.90 Å². The van der Waals surface area contributed by atoms with Crippen molar-refractivity contribution in [2.45, 2.75) is 12.5 Å². The SMILES string of the molecule is CN(C)c1ccc(C2=NN(C=O)[C@H](c3ccccc3)C2)cc1. The van der Waals surface area contributed by atoms with Crippen LogP contribution in [-0.4, -0.2) is 31.2 Å². The van der Waals surface area contributed by atoms with Crippen molar-refractivity contribution in [2.24, 2.45) is 5.10 Å². The van der Waals surface area contributed by atoms with Gasteiger partial charge >= 0.3 is 0 Å². The summed E-state index contributed by atoms with van der Waals surface area (Å²) in [5.74, 6) is 0. The minimum Gasteiger partial charge on any atom is -0.378 e. The van der Waals surface area contributed by atoms with Gasteiger partial charge in [-0.2, -0.15) is 5.10 Å². The third kappa shape index (κ3) is 2.72. The Morgan fingerprint density at radius 3 is 2.36 bits per heavy atom. The highest BCUT2D eigenvalue weighted by Gasteiger charge is 2.28. The van der Waals surface area contributed by atoms with Crippen molar-refractivity contribution in [3.63, 3.8) is 0 Å². The van der Waals surface area contributed by atoms with Crippen LogP contribution in [0.5, 0.6) is 0 Å². The second kappa shape index (κ2) is 6.02. The average molecular weight is 293 g/mol. The number of hydrazone groups is 1. The molecule has 1 aliphatic heterocycles. The molecule has 3 rings (SSSR count). The maximum Gasteiger partial charge on any atom is 0.230 e. The summed E-state index contributed by atoms with van der Waals surface area (Å²) in [4.78, 5) is 13.4. The monoisotopic (exact) mass is 293 g/mol. The zero-order valence-electron chi connectivity index (χ0n) is 12.8. The molecule has 0 fully saturated rings. The molecule has 0 unspecified atom stereocenters. The fraction of sp³-hybridized carbons (Fsp3) is 0.222. The second-order valence-electron chi connectivity index (χ2n) is 5.60. The van der Waals surface area contributed by atoms with Crippen LogP contribution in [0.15, 0.2) is 59.7 Å². The number of amides is 1. The first-order chi connectivity index (χ1) is 10.7. The highest BCUT2D eigenvalue weighted by Crippen LogP contribution is 2.31. The molecule has 0 saturated carbocycles. The number of hydrogen-bond donors (Lipinski definition) is 0. The van der Waals surface area contributed by atoms with Crippen LogP contribution in [0.25, 0.3) is 0 Å². The first-order valence-electron chi connectivity index (χ1n) is 7.33. The molecule has 4 heteroatoms. The predicted molar refractivity (Wildman–Crippen MR) is 89.0 cm³/mol. The summed E-state index contributed by atoms with van der Waals surface area (Å²) in [5.41, 5.74) is 4.27. The second-order valence-corrected chi connectivity index (χ2v) is 5.60. The first kappa shape index (κ1) is 14.3. The van der Waals surface area contributed by atoms with Gasteiger partial charge in [-0.15, -0.1) is 0 Å². The Kier molecular flexibility index (Phi) is 3.92. The summed E-state index contributed by atoms with van der Waals surface area (Å²) in [7, 11) is 4.03. The normalized spacial score (nSPS) is 17.3. The topological polar surface area (TPSA) is 35.9 Å². The van der Waals surface area contributed by atoms with E-state index in [0.717, 1.165) is 35.4 Å². The third-order valence-electron chi connectivity index (χ3n) is 3.95. The minimum atomic E-state index is -0.0118. The van der Waals surface area contributed by atoms with E-state index < -0.39 is 0 Å². The van der Waals surface area contributed by atoms with Gasteiger partial charge < -0.3 is 4.90 Å². The summed E-state index contributed by atoms with van der Waals surface area (Å²) in [6.45, 7) is 0. The highest BCUT2D eigenvalue weighted by atomic mass is 16.1. The van der Waals surface area contributed by atoms with Crippen LogP contribution in [0.2, 0.25) is 0 Å². The lowest BCUT2D eigenvalue weighted by Gasteiger charge is -2.17. The van der Waals surface area contributed by atoms with Crippen molar-refractivity contribution in [3.8, 4) is 0 Å². The number of rotatable bonds is 4. The zero-order valence-corrected chi connectivity index (χ0v) is 12.8. The summed E-state index contributed by atoms with van der Waals surface area (Å²) < 4.78 is 0. The predicted octanol–water partition coefficient (Wildman–Crippen LogP) is 3.06. The molecular formula is C18H19N3O. The van der Waals surface area contributed by atoms with E-state index in [1.54, 1.807) is 0 Å². The molecule has 0 aromatic heterocycles. The molecule has 0 N–H and O–H groups in total. The smallest absolute Gasteiger partial charge is 0.230 e. The minimum absolute atomic E-state index is 0.0118. The van der Waals surface area contributed by atoms with Crippen molar-refractivity contribution < 1.29 is 4.79 Å². The van der Waals surface area contributed by atoms with Crippen LogP contribution in [0.3, 0.4) is 0 Å². The van der Waals surface area contributed by atoms with Gasteiger partial charge in [-0.25, -0.2) is 5.01 Å². The number of anilines is 1. The van der Waals surface area contributed by atoms with Gasteiger partial charge in [0.15, 0.2) is 0 Å². The lowest BCUT2D eigenvalue weighted by atomic mass is 9.98. The Labute approximate surface area is 130 Å². The van der Waals surface area contributed by atoms with Gasteiger partial charge in [0, 0.05) is 26.2 Å².